The number of phenols is 1. The summed E-state index contributed by atoms with van der Waals surface area (Å²) in [6.45, 7) is 11.1. The maximum atomic E-state index is 11.4. The number of carbonyl (C=O) groups excluding carboxylic acids is 1. The Morgan fingerprint density at radius 2 is 1.96 bits per heavy atom. The van der Waals surface area contributed by atoms with Crippen LogP contribution in [0.1, 0.15) is 46.1 Å². The molecule has 1 aromatic carbocycles. The molecule has 0 aliphatic carbocycles. The van der Waals surface area contributed by atoms with Crippen molar-refractivity contribution in [2.75, 3.05) is 33.3 Å². The molecule has 1 N–H and O–H groups in total. The van der Waals surface area contributed by atoms with Crippen molar-refractivity contribution in [3.8, 4) is 11.5 Å². The predicted molar refractivity (Wildman–Crippen MR) is 113 cm³/mol. The van der Waals surface area contributed by atoms with Gasteiger partial charge >= 0.3 is 0 Å². The molecule has 1 saturated heterocycles. The number of nitrogens with zero attached hydrogens (tertiary/aromatic N) is 2. The molecule has 0 spiro atoms. The average molecular weight is 395 g/mol. The molecular weight excluding hydrogens is 364 g/mol. The van der Waals surface area contributed by atoms with E-state index in [9.17, 15) is 9.90 Å². The van der Waals surface area contributed by atoms with E-state index in [-0.39, 0.29) is 10.8 Å². The molecule has 0 radical (unpaired) electrons. The lowest BCUT2D eigenvalue weighted by Gasteiger charge is -2.26. The van der Waals surface area contributed by atoms with Crippen LogP contribution in [0.4, 0.5) is 0 Å². The topological polar surface area (TPSA) is 62.1 Å². The van der Waals surface area contributed by atoms with E-state index in [1.165, 1.54) is 7.11 Å². The van der Waals surface area contributed by atoms with E-state index in [1.807, 2.05) is 26.8 Å². The molecule has 1 aliphatic heterocycles. The number of halogens is 1. The Hall–Kier alpha value is -1.85. The van der Waals surface area contributed by atoms with Gasteiger partial charge < -0.3 is 9.84 Å². The third-order valence-corrected chi connectivity index (χ3v) is 4.51. The van der Waals surface area contributed by atoms with Crippen molar-refractivity contribution in [3.05, 3.63) is 34.4 Å². The van der Waals surface area contributed by atoms with Crippen LogP contribution in [0.3, 0.4) is 0 Å². The minimum atomic E-state index is -0.0274. The van der Waals surface area contributed by atoms with Gasteiger partial charge in [0.25, 0.3) is 0 Å². The number of likely N-dealkylation sites (tertiary alicyclic amines) is 1. The summed E-state index contributed by atoms with van der Waals surface area (Å²) in [6, 6.07) is 3.38. The number of ether oxygens (including phenoxy) is 1. The van der Waals surface area contributed by atoms with E-state index >= 15 is 0 Å². The van der Waals surface area contributed by atoms with E-state index in [4.69, 9.17) is 16.3 Å². The van der Waals surface area contributed by atoms with Gasteiger partial charge in [0.2, 0.25) is 0 Å². The van der Waals surface area contributed by atoms with Gasteiger partial charge in [-0.15, -0.1) is 0 Å². The van der Waals surface area contributed by atoms with Crippen molar-refractivity contribution < 1.29 is 14.6 Å². The number of piperidine rings is 1. The van der Waals surface area contributed by atoms with Crippen molar-refractivity contribution in [2.24, 2.45) is 4.99 Å². The SMILES string of the molecule is CC.CCN=C(/C=C(\C)CN1CCC(=O)CC1)c1cc(O)c(Cl)c(OC)c1. The molecule has 0 aromatic heterocycles. The molecule has 0 saturated carbocycles. The Morgan fingerprint density at radius 1 is 1.33 bits per heavy atom. The van der Waals surface area contributed by atoms with Gasteiger partial charge in [-0.2, -0.15) is 0 Å². The van der Waals surface area contributed by atoms with Crippen LogP contribution in [0.15, 0.2) is 28.8 Å². The highest BCUT2D eigenvalue weighted by molar-refractivity contribution is 6.33. The maximum Gasteiger partial charge on any atom is 0.141 e. The van der Waals surface area contributed by atoms with Crippen molar-refractivity contribution in [3.63, 3.8) is 0 Å². The predicted octanol–water partition coefficient (Wildman–Crippen LogP) is 4.50. The first kappa shape index (κ1) is 23.2. The van der Waals surface area contributed by atoms with E-state index in [2.05, 4.69) is 16.8 Å². The molecule has 5 nitrogen and oxygen atoms in total. The van der Waals surface area contributed by atoms with Crippen LogP contribution < -0.4 is 4.74 Å². The molecule has 0 atom stereocenters. The molecule has 27 heavy (non-hydrogen) atoms. The van der Waals surface area contributed by atoms with Gasteiger partial charge in [0.15, 0.2) is 0 Å². The highest BCUT2D eigenvalue weighted by atomic mass is 35.5. The minimum Gasteiger partial charge on any atom is -0.506 e. The lowest BCUT2D eigenvalue weighted by molar-refractivity contribution is -0.121. The molecule has 1 aromatic rings. The molecule has 150 valence electrons. The van der Waals surface area contributed by atoms with Crippen LogP contribution >= 0.6 is 11.6 Å². The second-order valence-corrected chi connectivity index (χ2v) is 6.55. The number of ketones is 1. The third kappa shape index (κ3) is 7.00. The second-order valence-electron chi connectivity index (χ2n) is 6.18. The Labute approximate surface area is 167 Å². The molecule has 1 aliphatic rings. The van der Waals surface area contributed by atoms with Crippen LogP contribution in [0.5, 0.6) is 11.5 Å². The van der Waals surface area contributed by atoms with Gasteiger partial charge in [0.1, 0.15) is 22.3 Å². The van der Waals surface area contributed by atoms with Crippen LogP contribution in [0, 0.1) is 0 Å². The van der Waals surface area contributed by atoms with E-state index in [0.29, 0.717) is 30.9 Å². The number of Topliss-reactive ketones (excluding diaryl/α,β-unsaturated/α-hetero) is 1. The lowest BCUT2D eigenvalue weighted by atomic mass is 10.0. The molecule has 0 bridgehead atoms. The molecule has 0 amide bonds. The number of rotatable bonds is 6. The Kier molecular flexibility index (Phi) is 10.1. The van der Waals surface area contributed by atoms with Crippen molar-refractivity contribution >= 4 is 23.1 Å². The number of aliphatic imine (C=N–C) groups is 1. The fourth-order valence-electron chi connectivity index (χ4n) is 2.86. The fraction of sp³-hybridized carbons (Fsp3) is 0.524. The summed E-state index contributed by atoms with van der Waals surface area (Å²) < 4.78 is 5.22. The van der Waals surface area contributed by atoms with Crippen LogP contribution in [0.25, 0.3) is 0 Å². The highest BCUT2D eigenvalue weighted by Gasteiger charge is 2.16. The fourth-order valence-corrected chi connectivity index (χ4v) is 3.05. The molecule has 1 fully saturated rings. The number of carbonyl (C=O) groups is 1. The smallest absolute Gasteiger partial charge is 0.141 e. The van der Waals surface area contributed by atoms with Crippen molar-refractivity contribution in [1.29, 1.82) is 0 Å². The normalized spacial score (nSPS) is 16.0. The standard InChI is InChI=1S/C19H25ClN2O3.C2H6/c1-4-21-16(14-10-17(24)19(20)18(11-14)25-3)9-13(2)12-22-7-5-15(23)6-8-22;1-2/h9-11,24H,4-8,12H2,1-3H3;1-2H3/b13-9+,21-16?;. The summed E-state index contributed by atoms with van der Waals surface area (Å²) in [4.78, 5) is 18.2. The first-order valence-electron chi connectivity index (χ1n) is 9.47. The zero-order valence-corrected chi connectivity index (χ0v) is 17.8. The summed E-state index contributed by atoms with van der Waals surface area (Å²) in [5.41, 5.74) is 2.68. The number of methoxy groups -OCH3 is 1. The molecule has 2 rings (SSSR count). The number of allylic oxidation sites excluding steroid dienone is 1. The average Bonchev–Trinajstić information content (AvgIpc) is 2.67. The van der Waals surface area contributed by atoms with Crippen molar-refractivity contribution in [2.45, 2.75) is 40.5 Å². The zero-order chi connectivity index (χ0) is 20.4. The van der Waals surface area contributed by atoms with Gasteiger partial charge in [-0.25, -0.2) is 0 Å². The van der Waals surface area contributed by atoms with Gasteiger partial charge in [0, 0.05) is 44.6 Å². The minimum absolute atomic E-state index is 0.0274. The highest BCUT2D eigenvalue weighted by Crippen LogP contribution is 2.34. The summed E-state index contributed by atoms with van der Waals surface area (Å²) in [5, 5.41) is 10.2. The second kappa shape index (κ2) is 11.8. The van der Waals surface area contributed by atoms with E-state index in [1.54, 1.807) is 12.1 Å². The van der Waals surface area contributed by atoms with Crippen molar-refractivity contribution in [1.82, 2.24) is 4.90 Å². The van der Waals surface area contributed by atoms with Crippen LogP contribution in [-0.4, -0.2) is 54.8 Å². The molecule has 6 heteroatoms. The zero-order valence-electron chi connectivity index (χ0n) is 17.0. The lowest BCUT2D eigenvalue weighted by Crippen LogP contribution is -2.34. The Balaban J connectivity index is 0.00000176. The third-order valence-electron chi connectivity index (χ3n) is 4.13. The first-order chi connectivity index (χ1) is 12.9. The quantitative estimate of drug-likeness (QED) is 0.721. The number of hydrogen-bond acceptors (Lipinski definition) is 5. The molecular formula is C21H31ClN2O3. The summed E-state index contributed by atoms with van der Waals surface area (Å²) in [5.74, 6) is 0.733. The first-order valence-corrected chi connectivity index (χ1v) is 9.85. The summed E-state index contributed by atoms with van der Waals surface area (Å²) in [7, 11) is 1.51. The monoisotopic (exact) mass is 394 g/mol. The van der Waals surface area contributed by atoms with Crippen LogP contribution in [-0.2, 0) is 4.79 Å². The largest absolute Gasteiger partial charge is 0.506 e. The number of phenolic OH excluding ortho intramolecular Hbond substituents is 1. The molecule has 0 unspecified atom stereocenters. The number of hydrogen-bond donors (Lipinski definition) is 1. The van der Waals surface area contributed by atoms with Gasteiger partial charge in [0.05, 0.1) is 12.8 Å². The maximum absolute atomic E-state index is 11.4. The number of aromatic hydroxyl groups is 1. The van der Waals surface area contributed by atoms with E-state index in [0.717, 1.165) is 36.5 Å². The molecule has 1 heterocycles. The van der Waals surface area contributed by atoms with Gasteiger partial charge in [-0.3, -0.25) is 14.7 Å². The Morgan fingerprint density at radius 3 is 2.52 bits per heavy atom. The number of benzene rings is 1. The van der Waals surface area contributed by atoms with E-state index < -0.39 is 0 Å². The van der Waals surface area contributed by atoms with Crippen LogP contribution in [0.2, 0.25) is 5.02 Å². The van der Waals surface area contributed by atoms with Gasteiger partial charge in [-0.1, -0.05) is 31.0 Å². The Bertz CT molecular complexity index is 689. The van der Waals surface area contributed by atoms with Gasteiger partial charge in [-0.05, 0) is 32.1 Å². The summed E-state index contributed by atoms with van der Waals surface area (Å²) >= 11 is 6.03. The summed E-state index contributed by atoms with van der Waals surface area (Å²) in [6.07, 6.45) is 3.28.